The molecule has 1 aliphatic rings. The third-order valence-electron chi connectivity index (χ3n) is 4.40. The van der Waals surface area contributed by atoms with Crippen molar-refractivity contribution in [3.05, 3.63) is 34.6 Å². The van der Waals surface area contributed by atoms with Gasteiger partial charge in [0.05, 0.1) is 6.54 Å². The lowest BCUT2D eigenvalue weighted by molar-refractivity contribution is -0.139. The van der Waals surface area contributed by atoms with Gasteiger partial charge in [0.15, 0.2) is 0 Å². The van der Waals surface area contributed by atoms with Crippen LogP contribution in [0.4, 0.5) is 9.18 Å². The van der Waals surface area contributed by atoms with E-state index in [1.165, 1.54) is 12.1 Å². The zero-order valence-corrected chi connectivity index (χ0v) is 14.9. The maximum absolute atomic E-state index is 13.0. The van der Waals surface area contributed by atoms with E-state index in [1.807, 2.05) is 11.8 Å². The maximum Gasteiger partial charge on any atom is 0.317 e. The molecule has 0 heterocycles. The number of carboxylic acid groups (broad SMARTS) is 1. The lowest BCUT2D eigenvalue weighted by Gasteiger charge is -2.42. The maximum atomic E-state index is 13.0. The van der Waals surface area contributed by atoms with E-state index >= 15 is 0 Å². The predicted octanol–water partition coefficient (Wildman–Crippen LogP) is 2.26. The summed E-state index contributed by atoms with van der Waals surface area (Å²) in [6.07, 6.45) is 2.01. The quantitative estimate of drug-likeness (QED) is 0.654. The van der Waals surface area contributed by atoms with Gasteiger partial charge in [0.25, 0.3) is 0 Å². The molecule has 2 amide bonds. The van der Waals surface area contributed by atoms with E-state index in [-0.39, 0.29) is 30.5 Å². The lowest BCUT2D eigenvalue weighted by atomic mass is 9.85. The number of carbonyl (C=O) groups is 2. The van der Waals surface area contributed by atoms with Crippen LogP contribution in [0.25, 0.3) is 0 Å². The van der Waals surface area contributed by atoms with E-state index < -0.39 is 5.97 Å². The van der Waals surface area contributed by atoms with Gasteiger partial charge < -0.3 is 15.7 Å². The van der Waals surface area contributed by atoms with Crippen LogP contribution in [0, 0.1) is 5.82 Å². The third-order valence-corrected chi connectivity index (χ3v) is 4.76. The van der Waals surface area contributed by atoms with Crippen LogP contribution in [0.5, 0.6) is 0 Å². The molecule has 8 heteroatoms. The van der Waals surface area contributed by atoms with Crippen molar-refractivity contribution in [2.45, 2.75) is 38.3 Å². The average Bonchev–Trinajstić information content (AvgIpc) is 2.50. The van der Waals surface area contributed by atoms with E-state index in [0.29, 0.717) is 24.5 Å². The number of hydrogen-bond donors (Lipinski definition) is 3. The van der Waals surface area contributed by atoms with Gasteiger partial charge in [-0.05, 0) is 43.5 Å². The molecule has 1 saturated carbocycles. The Kier molecular flexibility index (Phi) is 7.01. The zero-order chi connectivity index (χ0) is 18.4. The summed E-state index contributed by atoms with van der Waals surface area (Å²) in [5, 5.41) is 14.8. The number of rotatable bonds is 8. The van der Waals surface area contributed by atoms with Crippen LogP contribution in [0.15, 0.2) is 18.2 Å². The minimum atomic E-state index is -0.838. The molecule has 6 nitrogen and oxygen atoms in total. The fraction of sp³-hybridized carbons (Fsp3) is 0.529. The Morgan fingerprint density at radius 3 is 2.72 bits per heavy atom. The number of carboxylic acids is 1. The topological polar surface area (TPSA) is 81.7 Å². The van der Waals surface area contributed by atoms with Gasteiger partial charge in [-0.15, -0.1) is 0 Å². The Balaban J connectivity index is 1.66. The van der Waals surface area contributed by atoms with Crippen LogP contribution in [0.2, 0.25) is 5.02 Å². The molecule has 1 aromatic carbocycles. The van der Waals surface area contributed by atoms with Crippen molar-refractivity contribution in [3.63, 3.8) is 0 Å². The monoisotopic (exact) mass is 371 g/mol. The highest BCUT2D eigenvalue weighted by molar-refractivity contribution is 6.31. The number of nitrogens with zero attached hydrogens (tertiary/aromatic N) is 1. The second-order valence-electron chi connectivity index (χ2n) is 6.16. The van der Waals surface area contributed by atoms with Gasteiger partial charge in [-0.2, -0.15) is 0 Å². The zero-order valence-electron chi connectivity index (χ0n) is 14.1. The Labute approximate surface area is 151 Å². The van der Waals surface area contributed by atoms with Gasteiger partial charge in [0.2, 0.25) is 0 Å². The summed E-state index contributed by atoms with van der Waals surface area (Å²) >= 11 is 5.94. The molecule has 3 N–H and O–H groups in total. The summed E-state index contributed by atoms with van der Waals surface area (Å²) in [4.78, 5) is 24.6. The fourth-order valence-electron chi connectivity index (χ4n) is 2.95. The molecule has 0 bridgehead atoms. The first kappa shape index (κ1) is 19.5. The number of halogens is 2. The number of nitrogens with one attached hydrogen (secondary N) is 2. The second kappa shape index (κ2) is 9.01. The van der Waals surface area contributed by atoms with Gasteiger partial charge in [0.1, 0.15) is 5.82 Å². The summed E-state index contributed by atoms with van der Waals surface area (Å²) in [5.74, 6) is -1.22. The normalized spacial score (nSPS) is 19.4. The number of amides is 2. The Morgan fingerprint density at radius 2 is 2.12 bits per heavy atom. The minimum Gasteiger partial charge on any atom is -0.480 e. The lowest BCUT2D eigenvalue weighted by Crippen LogP contribution is -2.56. The largest absolute Gasteiger partial charge is 0.480 e. The summed E-state index contributed by atoms with van der Waals surface area (Å²) in [6, 6.07) is 4.19. The van der Waals surface area contributed by atoms with Crippen molar-refractivity contribution in [1.82, 2.24) is 15.5 Å². The van der Waals surface area contributed by atoms with Crippen LogP contribution in [0.1, 0.15) is 25.3 Å². The van der Waals surface area contributed by atoms with Crippen molar-refractivity contribution < 1.29 is 19.1 Å². The van der Waals surface area contributed by atoms with Gasteiger partial charge in [-0.3, -0.25) is 9.69 Å². The van der Waals surface area contributed by atoms with Crippen LogP contribution in [-0.2, 0) is 11.2 Å². The average molecular weight is 372 g/mol. The Bertz CT molecular complexity index is 623. The van der Waals surface area contributed by atoms with Crippen molar-refractivity contribution >= 4 is 23.6 Å². The van der Waals surface area contributed by atoms with Crippen LogP contribution in [0.3, 0.4) is 0 Å². The molecule has 0 aromatic heterocycles. The van der Waals surface area contributed by atoms with Gasteiger partial charge >= 0.3 is 12.0 Å². The number of hydrogen-bond acceptors (Lipinski definition) is 3. The number of carbonyl (C=O) groups excluding carboxylic acids is 1. The van der Waals surface area contributed by atoms with E-state index in [2.05, 4.69) is 10.6 Å². The van der Waals surface area contributed by atoms with Crippen LogP contribution < -0.4 is 10.6 Å². The van der Waals surface area contributed by atoms with E-state index in [0.717, 1.165) is 18.4 Å². The summed E-state index contributed by atoms with van der Waals surface area (Å²) in [7, 11) is 0. The first-order valence-electron chi connectivity index (χ1n) is 8.33. The number of urea groups is 1. The summed E-state index contributed by atoms with van der Waals surface area (Å²) < 4.78 is 13.0. The SMILES string of the molecule is CCN(CC(=O)O)C1CC(NC(=O)NCCc2ccc(F)cc2Cl)C1. The van der Waals surface area contributed by atoms with Crippen LogP contribution >= 0.6 is 11.6 Å². The molecular formula is C17H23ClFN3O3. The number of likely N-dealkylation sites (N-methyl/N-ethyl adjacent to an activating group) is 1. The van der Waals surface area contributed by atoms with Crippen molar-refractivity contribution in [2.24, 2.45) is 0 Å². The summed E-state index contributed by atoms with van der Waals surface area (Å²) in [5.41, 5.74) is 0.777. The molecular weight excluding hydrogens is 349 g/mol. The standard InChI is InChI=1S/C17H23ClFN3O3/c1-2-22(10-16(23)24)14-8-13(9-14)21-17(25)20-6-5-11-3-4-12(19)7-15(11)18/h3-4,7,13-14H,2,5-6,8-10H2,1H3,(H,23,24)(H2,20,21,25). The Morgan fingerprint density at radius 1 is 1.40 bits per heavy atom. The highest BCUT2D eigenvalue weighted by Crippen LogP contribution is 2.25. The minimum absolute atomic E-state index is 0.0263. The molecule has 0 atom stereocenters. The molecule has 2 rings (SSSR count). The molecule has 0 saturated heterocycles. The van der Waals surface area contributed by atoms with Crippen LogP contribution in [-0.4, -0.2) is 53.7 Å². The fourth-order valence-corrected chi connectivity index (χ4v) is 3.21. The molecule has 0 aliphatic heterocycles. The molecule has 0 spiro atoms. The van der Waals surface area contributed by atoms with Crippen molar-refractivity contribution in [2.75, 3.05) is 19.6 Å². The van der Waals surface area contributed by atoms with E-state index in [4.69, 9.17) is 16.7 Å². The second-order valence-corrected chi connectivity index (χ2v) is 6.57. The molecule has 1 fully saturated rings. The third kappa shape index (κ3) is 5.86. The van der Waals surface area contributed by atoms with Gasteiger partial charge in [-0.25, -0.2) is 9.18 Å². The van der Waals surface area contributed by atoms with E-state index in [9.17, 15) is 14.0 Å². The first-order valence-corrected chi connectivity index (χ1v) is 8.71. The molecule has 0 unspecified atom stereocenters. The molecule has 25 heavy (non-hydrogen) atoms. The van der Waals surface area contributed by atoms with E-state index in [1.54, 1.807) is 6.07 Å². The highest BCUT2D eigenvalue weighted by atomic mass is 35.5. The molecule has 0 radical (unpaired) electrons. The smallest absolute Gasteiger partial charge is 0.317 e. The predicted molar refractivity (Wildman–Crippen MR) is 93.3 cm³/mol. The molecule has 138 valence electrons. The number of aliphatic carboxylic acids is 1. The molecule has 1 aromatic rings. The van der Waals surface area contributed by atoms with Gasteiger partial charge in [-0.1, -0.05) is 24.6 Å². The summed E-state index contributed by atoms with van der Waals surface area (Å²) in [6.45, 7) is 3.03. The van der Waals surface area contributed by atoms with Crippen molar-refractivity contribution in [3.8, 4) is 0 Å². The Hall–Kier alpha value is -1.86. The number of benzene rings is 1. The van der Waals surface area contributed by atoms with Crippen molar-refractivity contribution in [1.29, 1.82) is 0 Å². The molecule has 1 aliphatic carbocycles. The first-order chi connectivity index (χ1) is 11.9. The highest BCUT2D eigenvalue weighted by Gasteiger charge is 2.34. The van der Waals surface area contributed by atoms with Gasteiger partial charge in [0, 0.05) is 23.7 Å².